The first-order chi connectivity index (χ1) is 12.3. The lowest BCUT2D eigenvalue weighted by Gasteiger charge is -2.38. The van der Waals surface area contributed by atoms with Crippen LogP contribution in [0.1, 0.15) is 31.7 Å². The summed E-state index contributed by atoms with van der Waals surface area (Å²) >= 11 is 0. The number of nitrogens with one attached hydrogen (secondary N) is 1. The van der Waals surface area contributed by atoms with Crippen molar-refractivity contribution in [1.29, 1.82) is 0 Å². The molecule has 2 aliphatic heterocycles. The molecule has 1 aromatic rings. The second-order valence-corrected chi connectivity index (χ2v) is 7.60. The molecular formula is C19H25FN2O4. The number of nitrogens with zero attached hydrogens (tertiary/aromatic N) is 1. The third kappa shape index (κ3) is 3.67. The SMILES string of the molecule is CC1(C(=O)O)CCN(C(=O)NCC2(c3ccc(F)cc3)CCOCC2)C1. The molecule has 142 valence electrons. The van der Waals surface area contributed by atoms with Crippen molar-refractivity contribution in [2.75, 3.05) is 32.8 Å². The number of ether oxygens (including phenoxy) is 1. The van der Waals surface area contributed by atoms with Gasteiger partial charge in [-0.1, -0.05) is 12.1 Å². The zero-order valence-electron chi connectivity index (χ0n) is 15.0. The summed E-state index contributed by atoms with van der Waals surface area (Å²) < 4.78 is 18.8. The van der Waals surface area contributed by atoms with Crippen LogP contribution in [0.25, 0.3) is 0 Å². The van der Waals surface area contributed by atoms with E-state index < -0.39 is 11.4 Å². The second kappa shape index (κ2) is 7.23. The molecule has 7 heteroatoms. The van der Waals surface area contributed by atoms with E-state index >= 15 is 0 Å². The molecule has 26 heavy (non-hydrogen) atoms. The van der Waals surface area contributed by atoms with Crippen LogP contribution >= 0.6 is 0 Å². The van der Waals surface area contributed by atoms with Gasteiger partial charge in [0.05, 0.1) is 5.41 Å². The van der Waals surface area contributed by atoms with Crippen molar-refractivity contribution in [1.82, 2.24) is 10.2 Å². The first-order valence-electron chi connectivity index (χ1n) is 8.95. The lowest BCUT2D eigenvalue weighted by atomic mass is 9.74. The van der Waals surface area contributed by atoms with Crippen molar-refractivity contribution in [3.05, 3.63) is 35.6 Å². The van der Waals surface area contributed by atoms with Crippen LogP contribution in [0.3, 0.4) is 0 Å². The third-order valence-corrected chi connectivity index (χ3v) is 5.76. The van der Waals surface area contributed by atoms with Crippen molar-refractivity contribution in [3.8, 4) is 0 Å². The molecule has 0 aromatic heterocycles. The molecule has 0 radical (unpaired) electrons. The lowest BCUT2D eigenvalue weighted by molar-refractivity contribution is -0.147. The molecule has 2 saturated heterocycles. The molecule has 2 amide bonds. The average Bonchev–Trinajstić information content (AvgIpc) is 3.05. The van der Waals surface area contributed by atoms with Gasteiger partial charge in [0.15, 0.2) is 0 Å². The molecular weight excluding hydrogens is 339 g/mol. The molecule has 6 nitrogen and oxygen atoms in total. The van der Waals surface area contributed by atoms with E-state index in [1.165, 1.54) is 12.1 Å². The summed E-state index contributed by atoms with van der Waals surface area (Å²) in [6, 6.07) is 6.16. The normalized spacial score (nSPS) is 25.1. The summed E-state index contributed by atoms with van der Waals surface area (Å²) in [5, 5.41) is 12.3. The van der Waals surface area contributed by atoms with Gasteiger partial charge >= 0.3 is 12.0 Å². The monoisotopic (exact) mass is 364 g/mol. The maximum atomic E-state index is 13.3. The average molecular weight is 364 g/mol. The summed E-state index contributed by atoms with van der Waals surface area (Å²) in [7, 11) is 0. The Labute approximate surface area is 152 Å². The minimum Gasteiger partial charge on any atom is -0.481 e. The molecule has 2 N–H and O–H groups in total. The van der Waals surface area contributed by atoms with Gasteiger partial charge in [-0.05, 0) is 43.9 Å². The van der Waals surface area contributed by atoms with Crippen LogP contribution in [0, 0.1) is 11.2 Å². The lowest BCUT2D eigenvalue weighted by Crippen LogP contribution is -2.48. The Morgan fingerprint density at radius 3 is 2.46 bits per heavy atom. The number of rotatable bonds is 4. The molecule has 1 atom stereocenters. The van der Waals surface area contributed by atoms with Crippen LogP contribution in [-0.4, -0.2) is 54.9 Å². The van der Waals surface area contributed by atoms with E-state index in [0.717, 1.165) is 18.4 Å². The predicted molar refractivity (Wildman–Crippen MR) is 93.5 cm³/mol. The van der Waals surface area contributed by atoms with Crippen molar-refractivity contribution >= 4 is 12.0 Å². The number of carboxylic acid groups (broad SMARTS) is 1. The fraction of sp³-hybridized carbons (Fsp3) is 0.579. The van der Waals surface area contributed by atoms with E-state index in [9.17, 15) is 19.1 Å². The second-order valence-electron chi connectivity index (χ2n) is 7.60. The summed E-state index contributed by atoms with van der Waals surface area (Å²) in [6.45, 7) is 3.91. The van der Waals surface area contributed by atoms with Crippen molar-refractivity contribution in [2.24, 2.45) is 5.41 Å². The number of hydrogen-bond acceptors (Lipinski definition) is 3. The molecule has 0 spiro atoms. The number of halogens is 1. The quantitative estimate of drug-likeness (QED) is 0.860. The fourth-order valence-electron chi connectivity index (χ4n) is 3.80. The first kappa shape index (κ1) is 18.6. The molecule has 2 aliphatic rings. The number of carbonyl (C=O) groups is 2. The van der Waals surface area contributed by atoms with E-state index in [1.807, 2.05) is 0 Å². The molecule has 1 unspecified atom stereocenters. The number of amides is 2. The Hall–Kier alpha value is -2.15. The Balaban J connectivity index is 1.68. The van der Waals surface area contributed by atoms with Gasteiger partial charge in [-0.2, -0.15) is 0 Å². The maximum Gasteiger partial charge on any atom is 0.317 e. The Kier molecular flexibility index (Phi) is 5.18. The summed E-state index contributed by atoms with van der Waals surface area (Å²) in [5.74, 6) is -1.16. The van der Waals surface area contributed by atoms with Crippen molar-refractivity contribution in [3.63, 3.8) is 0 Å². The van der Waals surface area contributed by atoms with Gasteiger partial charge in [0.25, 0.3) is 0 Å². The number of benzene rings is 1. The van der Waals surface area contributed by atoms with Gasteiger partial charge in [-0.25, -0.2) is 9.18 Å². The molecule has 3 rings (SSSR count). The summed E-state index contributed by atoms with van der Waals surface area (Å²) in [5.41, 5.74) is -0.193. The Bertz CT molecular complexity index is 673. The zero-order valence-corrected chi connectivity index (χ0v) is 15.0. The Morgan fingerprint density at radius 1 is 1.23 bits per heavy atom. The Morgan fingerprint density at radius 2 is 1.88 bits per heavy atom. The summed E-state index contributed by atoms with van der Waals surface area (Å²) in [6.07, 6.45) is 1.93. The highest BCUT2D eigenvalue weighted by atomic mass is 19.1. The standard InChI is InChI=1S/C19H25FN2O4/c1-18(16(23)24)6-9-22(13-18)17(25)21-12-19(7-10-26-11-8-19)14-2-4-15(20)5-3-14/h2-5H,6-13H2,1H3,(H,21,25)(H,23,24). The van der Waals surface area contributed by atoms with Crippen molar-refractivity contribution < 1.29 is 23.8 Å². The van der Waals surface area contributed by atoms with Gasteiger partial charge < -0.3 is 20.1 Å². The highest BCUT2D eigenvalue weighted by Crippen LogP contribution is 2.35. The molecule has 0 bridgehead atoms. The highest BCUT2D eigenvalue weighted by molar-refractivity contribution is 5.79. The van der Waals surface area contributed by atoms with Gasteiger partial charge in [0.2, 0.25) is 0 Å². The number of carbonyl (C=O) groups excluding carboxylic acids is 1. The van der Waals surface area contributed by atoms with E-state index in [4.69, 9.17) is 4.74 Å². The van der Waals surface area contributed by atoms with Gasteiger partial charge in [-0.3, -0.25) is 4.79 Å². The van der Waals surface area contributed by atoms with Crippen molar-refractivity contribution in [2.45, 2.75) is 31.6 Å². The predicted octanol–water partition coefficient (Wildman–Crippen LogP) is 2.38. The molecule has 1 aromatic carbocycles. The number of hydrogen-bond donors (Lipinski definition) is 2. The van der Waals surface area contributed by atoms with Gasteiger partial charge in [0.1, 0.15) is 5.82 Å². The zero-order chi connectivity index (χ0) is 18.8. The van der Waals surface area contributed by atoms with Crippen LogP contribution in [-0.2, 0) is 14.9 Å². The maximum absolute atomic E-state index is 13.3. The number of aliphatic carboxylic acids is 1. The smallest absolute Gasteiger partial charge is 0.317 e. The van der Waals surface area contributed by atoms with E-state index in [0.29, 0.717) is 32.7 Å². The first-order valence-corrected chi connectivity index (χ1v) is 8.95. The van der Waals surface area contributed by atoms with Crippen LogP contribution < -0.4 is 5.32 Å². The topological polar surface area (TPSA) is 78.9 Å². The van der Waals surface area contributed by atoms with Crippen LogP contribution in [0.15, 0.2) is 24.3 Å². The van der Waals surface area contributed by atoms with Crippen LogP contribution in [0.5, 0.6) is 0 Å². The number of carboxylic acids is 1. The molecule has 0 saturated carbocycles. The summed E-state index contributed by atoms with van der Waals surface area (Å²) in [4.78, 5) is 25.5. The van der Waals surface area contributed by atoms with E-state index in [2.05, 4.69) is 5.32 Å². The van der Waals surface area contributed by atoms with Gasteiger partial charge in [-0.15, -0.1) is 0 Å². The van der Waals surface area contributed by atoms with Crippen LogP contribution in [0.4, 0.5) is 9.18 Å². The highest BCUT2D eigenvalue weighted by Gasteiger charge is 2.43. The minimum absolute atomic E-state index is 0.209. The fourth-order valence-corrected chi connectivity index (χ4v) is 3.80. The largest absolute Gasteiger partial charge is 0.481 e. The van der Waals surface area contributed by atoms with E-state index in [-0.39, 0.29) is 23.8 Å². The molecule has 0 aliphatic carbocycles. The third-order valence-electron chi connectivity index (χ3n) is 5.76. The minimum atomic E-state index is -0.884. The van der Waals surface area contributed by atoms with Gasteiger partial charge in [0, 0.05) is 38.3 Å². The number of likely N-dealkylation sites (tertiary alicyclic amines) is 1. The van der Waals surface area contributed by atoms with E-state index in [1.54, 1.807) is 24.0 Å². The number of urea groups is 1. The molecule has 2 heterocycles. The molecule has 2 fully saturated rings. The van der Waals surface area contributed by atoms with Crippen LogP contribution in [0.2, 0.25) is 0 Å².